The Labute approximate surface area is 691 Å². The van der Waals surface area contributed by atoms with E-state index in [9.17, 15) is 0 Å². The summed E-state index contributed by atoms with van der Waals surface area (Å²) in [4.78, 5) is 0. The number of para-hydroxylation sites is 4. The maximum Gasteiger partial charge on any atom is 0.0541 e. The summed E-state index contributed by atoms with van der Waals surface area (Å²) in [5.74, 6) is 0. The van der Waals surface area contributed by atoms with Gasteiger partial charge in [0.25, 0.3) is 0 Å². The van der Waals surface area contributed by atoms with Crippen LogP contribution in [0.4, 0.5) is 0 Å². The summed E-state index contributed by atoms with van der Waals surface area (Å²) in [5.41, 5.74) is 24.0. The highest BCUT2D eigenvalue weighted by Crippen LogP contribution is 2.46. The van der Waals surface area contributed by atoms with Gasteiger partial charge in [0.2, 0.25) is 0 Å². The predicted molar refractivity (Wildman–Crippen MR) is 512 cm³/mol. The first-order valence-electron chi connectivity index (χ1n) is 41.5. The van der Waals surface area contributed by atoms with Crippen molar-refractivity contribution in [2.24, 2.45) is 0 Å². The van der Waals surface area contributed by atoms with Crippen molar-refractivity contribution in [3.05, 3.63) is 437 Å². The third-order valence-corrected chi connectivity index (χ3v) is 25.8. The molecule has 0 aliphatic rings. The molecule has 0 amide bonds. The summed E-state index contributed by atoms with van der Waals surface area (Å²) in [7, 11) is 0. The molecule has 0 saturated heterocycles. The highest BCUT2D eigenvalue weighted by molar-refractivity contribution is 6.28. The Hall–Kier alpha value is -15.9. The maximum absolute atomic E-state index is 2.43. The van der Waals surface area contributed by atoms with Crippen LogP contribution in [0.2, 0.25) is 0 Å². The summed E-state index contributed by atoms with van der Waals surface area (Å²) in [6, 6.07) is 161. The Balaban J connectivity index is 0.000000133. The first-order valence-corrected chi connectivity index (χ1v) is 41.5. The van der Waals surface area contributed by atoms with Gasteiger partial charge in [0.05, 0.1) is 55.5 Å². The third-order valence-electron chi connectivity index (χ3n) is 25.8. The van der Waals surface area contributed by atoms with Crippen LogP contribution in [0.5, 0.6) is 0 Å². The molecule has 4 aromatic heterocycles. The molecule has 0 radical (unpaired) electrons. The van der Waals surface area contributed by atoms with Gasteiger partial charge in [-0.25, -0.2) is 0 Å². The minimum Gasteiger partial charge on any atom is -0.309 e. The van der Waals surface area contributed by atoms with Crippen LogP contribution in [0.15, 0.2) is 437 Å². The van der Waals surface area contributed by atoms with Crippen molar-refractivity contribution in [1.29, 1.82) is 0 Å². The average molecular weight is 1520 g/mol. The van der Waals surface area contributed by atoms with E-state index in [0.29, 0.717) is 0 Å². The molecule has 22 aromatic carbocycles. The van der Waals surface area contributed by atoms with E-state index in [1.54, 1.807) is 0 Å². The largest absolute Gasteiger partial charge is 0.309 e. The number of hydrogen-bond donors (Lipinski definition) is 0. The van der Waals surface area contributed by atoms with E-state index < -0.39 is 0 Å². The molecule has 0 atom stereocenters. The Morgan fingerprint density at radius 1 is 0.108 bits per heavy atom. The van der Waals surface area contributed by atoms with Crippen LogP contribution in [-0.2, 0) is 0 Å². The highest BCUT2D eigenvalue weighted by atomic mass is 15.0. The Morgan fingerprint density at radius 3 is 0.717 bits per heavy atom. The number of rotatable bonds is 8. The third kappa shape index (κ3) is 10.4. The Bertz CT molecular complexity index is 8720. The smallest absolute Gasteiger partial charge is 0.0541 e. The monoisotopic (exact) mass is 1520 g/mol. The van der Waals surface area contributed by atoms with E-state index in [1.807, 2.05) is 0 Å². The number of nitrogens with zero attached hydrogens (tertiary/aromatic N) is 4. The molecular weight excluding hydrogens is 1450 g/mol. The summed E-state index contributed by atoms with van der Waals surface area (Å²) < 4.78 is 9.72. The first kappa shape index (κ1) is 67.5. The molecule has 0 bridgehead atoms. The van der Waals surface area contributed by atoms with Crippen LogP contribution in [0.25, 0.3) is 241 Å². The molecule has 26 aromatic rings. The normalized spacial score (nSPS) is 12.0. The van der Waals surface area contributed by atoms with Crippen molar-refractivity contribution in [3.63, 3.8) is 0 Å². The minimum atomic E-state index is 1.15. The van der Waals surface area contributed by atoms with Crippen molar-refractivity contribution in [2.75, 3.05) is 0 Å². The van der Waals surface area contributed by atoms with Crippen molar-refractivity contribution in [3.8, 4) is 67.3 Å². The molecule has 0 fully saturated rings. The molecular formula is C116H72N4. The molecule has 26 rings (SSSR count). The molecule has 0 N–H and O–H groups in total. The van der Waals surface area contributed by atoms with Crippen molar-refractivity contribution in [1.82, 2.24) is 18.3 Å². The zero-order chi connectivity index (χ0) is 78.6. The summed E-state index contributed by atoms with van der Waals surface area (Å²) >= 11 is 0. The lowest BCUT2D eigenvalue weighted by Gasteiger charge is -2.13. The average Bonchev–Trinajstić information content (AvgIpc) is 1.71. The topological polar surface area (TPSA) is 19.7 Å². The van der Waals surface area contributed by atoms with E-state index in [4.69, 9.17) is 0 Å². The van der Waals surface area contributed by atoms with Crippen molar-refractivity contribution >= 4 is 173 Å². The second-order valence-corrected chi connectivity index (χ2v) is 32.1. The van der Waals surface area contributed by atoms with E-state index >= 15 is 0 Å². The van der Waals surface area contributed by atoms with Gasteiger partial charge in [-0.1, -0.05) is 315 Å². The summed E-state index contributed by atoms with van der Waals surface area (Å²) in [5, 5.41) is 30.5. The lowest BCUT2D eigenvalue weighted by molar-refractivity contribution is 1.18. The van der Waals surface area contributed by atoms with E-state index in [2.05, 4.69) is 455 Å². The van der Waals surface area contributed by atoms with Gasteiger partial charge in [-0.2, -0.15) is 0 Å². The van der Waals surface area contributed by atoms with Gasteiger partial charge in [0.1, 0.15) is 0 Å². The molecule has 0 saturated carbocycles. The van der Waals surface area contributed by atoms with E-state index in [0.717, 1.165) is 11.4 Å². The van der Waals surface area contributed by atoms with Gasteiger partial charge >= 0.3 is 0 Å². The molecule has 0 aliphatic carbocycles. The predicted octanol–water partition coefficient (Wildman–Crippen LogP) is 31.7. The molecule has 556 valence electrons. The molecule has 0 aliphatic heterocycles. The first-order chi connectivity index (χ1) is 59.5. The standard InChI is InChI=1S/2C58H36N2/c1-2-17-43-37(13-1)14-12-26-54(43)60-56-25-10-8-23-50(56)53-36-41(29-32-58(53)60)40-28-31-57-52(35-40)49-22-7-9-24-55(49)59(57)42-16-11-15-38(33-42)39-27-30-48-46-20-4-3-18-44(46)45-19-5-6-21-47(45)51(48)34-39;1-2-14-43-38(12-1)13-11-23-54(43)60-56-22-10-8-20-50(56)53-36-41(28-33-58(53)60)40-27-32-57-52(35-40)49-19-7-9-21-55(49)59(57)42-29-24-37(25-30-42)39-26-31-48-46-17-4-3-15-44(46)45-16-5-6-18-47(45)51(48)34-39/h2*1-36H. The van der Waals surface area contributed by atoms with Gasteiger partial charge in [-0.15, -0.1) is 0 Å². The lowest BCUT2D eigenvalue weighted by atomic mass is 9.92. The van der Waals surface area contributed by atoms with Crippen LogP contribution < -0.4 is 0 Å². The van der Waals surface area contributed by atoms with Gasteiger partial charge in [0, 0.05) is 65.2 Å². The summed E-state index contributed by atoms with van der Waals surface area (Å²) in [6.45, 7) is 0. The fourth-order valence-corrected chi connectivity index (χ4v) is 20.3. The van der Waals surface area contributed by atoms with Gasteiger partial charge in [-0.3, -0.25) is 0 Å². The molecule has 4 heterocycles. The molecule has 120 heavy (non-hydrogen) atoms. The van der Waals surface area contributed by atoms with Gasteiger partial charge in [0.15, 0.2) is 0 Å². The van der Waals surface area contributed by atoms with Crippen LogP contribution in [0, 0.1) is 0 Å². The van der Waals surface area contributed by atoms with E-state index in [-0.39, 0.29) is 0 Å². The quantitative estimate of drug-likeness (QED) is 0.135. The van der Waals surface area contributed by atoms with Gasteiger partial charge in [-0.05, 0) is 241 Å². The summed E-state index contributed by atoms with van der Waals surface area (Å²) in [6.07, 6.45) is 0. The zero-order valence-electron chi connectivity index (χ0n) is 65.4. The SMILES string of the molecule is c1cc(-c2ccc3c4ccccc4c4ccccc4c3c2)cc(-n2c3ccccc3c3cc(-c4ccc5c(c4)c4ccccc4n5-c4cccc5ccccc45)ccc32)c1.c1ccc2c(-n3c4ccccc4c4cc(-c5ccc6c(c5)c5ccccc5n6-c5ccc(-c6ccc7c8ccccc8c8ccccc8c7c6)cc5)ccc43)cccc2c1. The fourth-order valence-electron chi connectivity index (χ4n) is 20.3. The molecule has 4 heteroatoms. The Morgan fingerprint density at radius 2 is 0.342 bits per heavy atom. The molecule has 0 unspecified atom stereocenters. The fraction of sp³-hybridized carbons (Fsp3) is 0. The lowest BCUT2D eigenvalue weighted by Crippen LogP contribution is -1.95. The van der Waals surface area contributed by atoms with Crippen LogP contribution in [0.3, 0.4) is 0 Å². The molecule has 0 spiro atoms. The highest BCUT2D eigenvalue weighted by Gasteiger charge is 2.22. The van der Waals surface area contributed by atoms with Crippen LogP contribution in [0.1, 0.15) is 0 Å². The Kier molecular flexibility index (Phi) is 15.1. The second kappa shape index (κ2) is 26.9. The molecule has 4 nitrogen and oxygen atoms in total. The maximum atomic E-state index is 2.43. The second-order valence-electron chi connectivity index (χ2n) is 32.1. The van der Waals surface area contributed by atoms with Gasteiger partial charge < -0.3 is 18.3 Å². The van der Waals surface area contributed by atoms with Crippen molar-refractivity contribution in [2.45, 2.75) is 0 Å². The van der Waals surface area contributed by atoms with Crippen LogP contribution >= 0.6 is 0 Å². The van der Waals surface area contributed by atoms with Crippen molar-refractivity contribution < 1.29 is 0 Å². The number of aromatic nitrogens is 4. The number of fused-ring (bicyclic) bond motifs is 26. The number of benzene rings is 22. The van der Waals surface area contributed by atoms with E-state index in [1.165, 1.54) is 229 Å². The zero-order valence-corrected chi connectivity index (χ0v) is 65.4. The minimum absolute atomic E-state index is 1.15. The van der Waals surface area contributed by atoms with Crippen LogP contribution in [-0.4, -0.2) is 18.3 Å². The number of hydrogen-bond acceptors (Lipinski definition) is 0.